The van der Waals surface area contributed by atoms with Crippen LogP contribution in [0.2, 0.25) is 10.6 Å². The van der Waals surface area contributed by atoms with Gasteiger partial charge >= 0.3 is 118 Å². The molecule has 2 heterocycles. The molecule has 2 aliphatic heterocycles. The zero-order valence-corrected chi connectivity index (χ0v) is 12.9. The number of carbonyl (C=O) groups is 2. The van der Waals surface area contributed by atoms with E-state index in [9.17, 15) is 9.59 Å². The molecule has 0 spiro atoms. The van der Waals surface area contributed by atoms with Crippen LogP contribution in [0.25, 0.3) is 0 Å². The van der Waals surface area contributed by atoms with Gasteiger partial charge in [0.15, 0.2) is 0 Å². The van der Waals surface area contributed by atoms with Gasteiger partial charge in [-0.2, -0.15) is 0 Å². The Bertz CT molecular complexity index is 428. The van der Waals surface area contributed by atoms with Gasteiger partial charge in [-0.15, -0.1) is 0 Å². The number of fused-ring (bicyclic) bond motifs is 1. The zero-order chi connectivity index (χ0) is 14.3. The van der Waals surface area contributed by atoms with Crippen LogP contribution in [0.15, 0.2) is 12.7 Å². The fraction of sp³-hybridized carbons (Fsp3) is 0.667. The molecule has 2 saturated heterocycles. The van der Waals surface area contributed by atoms with Gasteiger partial charge in [-0.1, -0.05) is 0 Å². The number of ether oxygens (including phenoxy) is 3. The van der Waals surface area contributed by atoms with Gasteiger partial charge in [-0.25, -0.2) is 0 Å². The van der Waals surface area contributed by atoms with Crippen molar-refractivity contribution in [3.63, 3.8) is 0 Å². The van der Waals surface area contributed by atoms with E-state index >= 15 is 0 Å². The van der Waals surface area contributed by atoms with Crippen molar-refractivity contribution in [2.75, 3.05) is 7.11 Å². The Labute approximate surface area is 118 Å². The summed E-state index contributed by atoms with van der Waals surface area (Å²) in [4.78, 5) is 25.4. The average Bonchev–Trinajstić information content (AvgIpc) is 2.71. The number of esters is 1. The second-order valence-electron chi connectivity index (χ2n) is 4.63. The van der Waals surface area contributed by atoms with Crippen molar-refractivity contribution in [1.29, 1.82) is 0 Å². The minimum atomic E-state index is -1.28. The number of rotatable bonds is 5. The zero-order valence-electron chi connectivity index (χ0n) is 11.2. The Morgan fingerprint density at radius 3 is 2.74 bits per heavy atom. The molecule has 3 atom stereocenters. The molecular weight excluding hydrogens is 317 g/mol. The first-order valence-electron chi connectivity index (χ1n) is 5.88. The Balaban J connectivity index is 2.25. The first-order chi connectivity index (χ1) is 8.89. The molecule has 0 radical (unpaired) electrons. The second-order valence-corrected chi connectivity index (χ2v) is 6.89. The van der Waals surface area contributed by atoms with Gasteiger partial charge in [0.1, 0.15) is 0 Å². The third-order valence-corrected chi connectivity index (χ3v) is 5.71. The van der Waals surface area contributed by atoms with E-state index in [4.69, 9.17) is 14.2 Å². The maximum atomic E-state index is 12.0. The molecule has 19 heavy (non-hydrogen) atoms. The molecule has 0 unspecified atom stereocenters. The van der Waals surface area contributed by atoms with Crippen molar-refractivity contribution in [3.05, 3.63) is 12.7 Å². The van der Waals surface area contributed by atoms with Crippen LogP contribution in [0.5, 0.6) is 0 Å². The molecule has 0 aromatic rings. The van der Waals surface area contributed by atoms with Crippen LogP contribution in [0.1, 0.15) is 13.8 Å². The molecule has 106 valence electrons. The number of hydrogen-bond acceptors (Lipinski definition) is 5. The van der Waals surface area contributed by atoms with Crippen LogP contribution < -0.4 is 0 Å². The van der Waals surface area contributed by atoms with Crippen molar-refractivity contribution in [2.45, 2.75) is 42.0 Å². The summed E-state index contributed by atoms with van der Waals surface area (Å²) >= 11 is 0.197. The number of cyclic esters (lactones) is 1. The fourth-order valence-corrected chi connectivity index (χ4v) is 3.98. The predicted molar refractivity (Wildman–Crippen MR) is 67.6 cm³/mol. The summed E-state index contributed by atoms with van der Waals surface area (Å²) in [6, 6.07) is -0.588. The molecule has 0 bridgehead atoms. The first-order valence-corrected chi connectivity index (χ1v) is 8.31. The molecule has 2 aliphatic rings. The number of carbonyl (C=O) groups excluding carboxylic acids is 2. The van der Waals surface area contributed by atoms with Crippen molar-refractivity contribution >= 4 is 27.0 Å². The van der Waals surface area contributed by atoms with Crippen LogP contribution in [0, 0.1) is 0 Å². The van der Waals surface area contributed by atoms with Gasteiger partial charge in [0.05, 0.1) is 0 Å². The normalized spacial score (nSPS) is 37.0. The molecule has 0 saturated carbocycles. The summed E-state index contributed by atoms with van der Waals surface area (Å²) in [5.74, 6) is -1.67. The summed E-state index contributed by atoms with van der Waals surface area (Å²) in [5, 5.41) is 1.43. The van der Waals surface area contributed by atoms with Crippen molar-refractivity contribution in [3.8, 4) is 0 Å². The molecule has 1 amide bonds. The summed E-state index contributed by atoms with van der Waals surface area (Å²) in [6.07, 6.45) is 1.23. The molecule has 0 N–H and O–H groups in total. The van der Waals surface area contributed by atoms with Crippen molar-refractivity contribution in [1.82, 2.24) is 4.90 Å². The molecular formula is C12H17NO5Se. The van der Waals surface area contributed by atoms with Gasteiger partial charge in [0.25, 0.3) is 0 Å². The van der Waals surface area contributed by atoms with Gasteiger partial charge in [0.2, 0.25) is 0 Å². The van der Waals surface area contributed by atoms with E-state index in [1.807, 2.05) is 0 Å². The number of allylic oxidation sites excluding steroid dienone is 1. The fourth-order valence-electron chi connectivity index (χ4n) is 2.28. The van der Waals surface area contributed by atoms with Gasteiger partial charge in [-0.05, 0) is 0 Å². The Hall–Kier alpha value is -1.04. The van der Waals surface area contributed by atoms with E-state index in [2.05, 4.69) is 6.58 Å². The third-order valence-electron chi connectivity index (χ3n) is 3.57. The van der Waals surface area contributed by atoms with Crippen LogP contribution >= 0.6 is 0 Å². The number of amides is 1. The van der Waals surface area contributed by atoms with Crippen LogP contribution in [0.3, 0.4) is 0 Å². The molecule has 2 fully saturated rings. The van der Waals surface area contributed by atoms with Crippen LogP contribution in [-0.4, -0.2) is 56.6 Å². The summed E-state index contributed by atoms with van der Waals surface area (Å²) < 4.78 is 15.9. The third kappa shape index (κ3) is 1.96. The van der Waals surface area contributed by atoms with E-state index in [0.717, 1.165) is 5.32 Å². The number of nitrogens with zero attached hydrogens (tertiary/aromatic N) is 1. The Kier molecular flexibility index (Phi) is 3.64. The van der Waals surface area contributed by atoms with Crippen LogP contribution in [0.4, 0.5) is 4.79 Å². The molecule has 0 aromatic carbocycles. The monoisotopic (exact) mass is 335 g/mol. The quantitative estimate of drug-likeness (QED) is 0.327. The van der Waals surface area contributed by atoms with E-state index in [-0.39, 0.29) is 15.0 Å². The van der Waals surface area contributed by atoms with E-state index in [1.165, 1.54) is 12.0 Å². The molecule has 0 aliphatic carbocycles. The minimum absolute atomic E-state index is 0.197. The molecule has 2 rings (SSSR count). The topological polar surface area (TPSA) is 65.1 Å². The summed E-state index contributed by atoms with van der Waals surface area (Å²) in [5.41, 5.74) is -1.20. The van der Waals surface area contributed by atoms with E-state index in [1.54, 1.807) is 19.9 Å². The average molecular weight is 334 g/mol. The second kappa shape index (κ2) is 4.81. The van der Waals surface area contributed by atoms with E-state index in [0.29, 0.717) is 5.32 Å². The maximum absolute atomic E-state index is 12.0. The summed E-state index contributed by atoms with van der Waals surface area (Å²) in [6.45, 7) is 6.88. The van der Waals surface area contributed by atoms with Gasteiger partial charge in [-0.3, -0.25) is 0 Å². The standard InChI is InChI=1S/C12H17NO5Se/c1-5-6-19-7-8-9(14)17-11(2)12(3,16-4)18-10(15)13(8)11/h5,8H,1,6-7H2,2-4H3/t8-,11+,12-/m0/s1. The van der Waals surface area contributed by atoms with Crippen LogP contribution in [-0.2, 0) is 19.0 Å². The van der Waals surface area contributed by atoms with Gasteiger partial charge in [0, 0.05) is 0 Å². The Morgan fingerprint density at radius 2 is 2.16 bits per heavy atom. The van der Waals surface area contributed by atoms with Crippen molar-refractivity contribution < 1.29 is 23.8 Å². The van der Waals surface area contributed by atoms with Gasteiger partial charge < -0.3 is 0 Å². The predicted octanol–water partition coefficient (Wildman–Crippen LogP) is 1.17. The SMILES string of the molecule is C=CC[Se]C[C@H]1C(=O)O[C@@]2(C)N1C(=O)O[C@]2(C)OC. The first kappa shape index (κ1) is 14.4. The van der Waals surface area contributed by atoms with E-state index < -0.39 is 29.6 Å². The molecule has 7 heteroatoms. The molecule has 0 aromatic heterocycles. The van der Waals surface area contributed by atoms with Crippen molar-refractivity contribution in [2.24, 2.45) is 0 Å². The number of methoxy groups -OCH3 is 1. The summed E-state index contributed by atoms with van der Waals surface area (Å²) in [7, 11) is 1.42. The Morgan fingerprint density at radius 1 is 1.47 bits per heavy atom. The molecule has 6 nitrogen and oxygen atoms in total. The number of hydrogen-bond donors (Lipinski definition) is 0.